The smallest absolute Gasteiger partial charge is 0.269 e. The number of benzene rings is 2. The van der Waals surface area contributed by atoms with Gasteiger partial charge in [-0.25, -0.2) is 4.39 Å². The second-order valence-corrected chi connectivity index (χ2v) is 6.27. The zero-order chi connectivity index (χ0) is 18.8. The van der Waals surface area contributed by atoms with Gasteiger partial charge < -0.3 is 4.90 Å². The summed E-state index contributed by atoms with van der Waals surface area (Å²) in [6.07, 6.45) is 0. The molecule has 0 spiro atoms. The van der Waals surface area contributed by atoms with E-state index >= 15 is 0 Å². The third kappa shape index (κ3) is 2.97. The first-order valence-corrected chi connectivity index (χ1v) is 8.67. The van der Waals surface area contributed by atoms with Crippen molar-refractivity contribution >= 4 is 44.4 Å². The fraction of sp³-hybridized carbons (Fsp3) is 0.111. The molecular weight excluding hydrogens is 405 g/mol. The highest BCUT2D eigenvalue weighted by molar-refractivity contribution is 9.09. The quantitative estimate of drug-likeness (QED) is 0.249. The van der Waals surface area contributed by atoms with E-state index in [1.165, 1.54) is 47.4 Å². The van der Waals surface area contributed by atoms with Crippen LogP contribution in [0.15, 0.2) is 42.5 Å². The number of carbonyl (C=O) groups is 1. The van der Waals surface area contributed by atoms with Crippen molar-refractivity contribution in [2.75, 3.05) is 16.8 Å². The summed E-state index contributed by atoms with van der Waals surface area (Å²) >= 11 is 3.28. The largest absolute Gasteiger partial charge is 0.307 e. The summed E-state index contributed by atoms with van der Waals surface area (Å²) in [5.41, 5.74) is 1.25. The maximum Gasteiger partial charge on any atom is 0.269 e. The van der Waals surface area contributed by atoms with Crippen LogP contribution in [0.3, 0.4) is 0 Å². The van der Waals surface area contributed by atoms with Gasteiger partial charge in [0, 0.05) is 29.6 Å². The Bertz CT molecular complexity index is 980. The predicted molar refractivity (Wildman–Crippen MR) is 98.1 cm³/mol. The number of nitriles is 1. The number of allylic oxidation sites excluding steroid dienone is 1. The first-order chi connectivity index (χ1) is 12.5. The van der Waals surface area contributed by atoms with E-state index in [9.17, 15) is 24.6 Å². The fourth-order valence-corrected chi connectivity index (χ4v) is 3.22. The summed E-state index contributed by atoms with van der Waals surface area (Å²) in [6, 6.07) is 11.3. The summed E-state index contributed by atoms with van der Waals surface area (Å²) < 4.78 is 13.8. The maximum absolute atomic E-state index is 13.8. The molecule has 130 valence electrons. The number of carbonyl (C=O) groups excluding carboxylic acids is 1. The summed E-state index contributed by atoms with van der Waals surface area (Å²) in [5, 5.41) is 20.9. The zero-order valence-corrected chi connectivity index (χ0v) is 14.9. The third-order valence-corrected chi connectivity index (χ3v) is 4.37. The Labute approximate surface area is 156 Å². The SMILES string of the molecule is N#C/C(=C1\C(=O)N(CCBr)c2ccc(F)cc21)c1ccc([N+](=O)[O-])cc1. The molecule has 0 bridgehead atoms. The molecule has 0 fully saturated rings. The van der Waals surface area contributed by atoms with Gasteiger partial charge in [0.25, 0.3) is 11.6 Å². The lowest BCUT2D eigenvalue weighted by Crippen LogP contribution is -2.28. The highest BCUT2D eigenvalue weighted by atomic mass is 79.9. The van der Waals surface area contributed by atoms with E-state index in [1.807, 2.05) is 6.07 Å². The van der Waals surface area contributed by atoms with Gasteiger partial charge in [-0.15, -0.1) is 0 Å². The Hall–Kier alpha value is -3.05. The molecule has 1 aliphatic heterocycles. The summed E-state index contributed by atoms with van der Waals surface area (Å²) in [7, 11) is 0. The Kier molecular flexibility index (Phi) is 4.82. The normalized spacial score (nSPS) is 14.8. The van der Waals surface area contributed by atoms with E-state index in [4.69, 9.17) is 0 Å². The minimum atomic E-state index is -0.550. The van der Waals surface area contributed by atoms with Crippen LogP contribution in [0, 0.1) is 27.3 Å². The van der Waals surface area contributed by atoms with Crippen LogP contribution in [0.5, 0.6) is 0 Å². The van der Waals surface area contributed by atoms with Gasteiger partial charge in [-0.3, -0.25) is 14.9 Å². The van der Waals surface area contributed by atoms with Gasteiger partial charge in [0.1, 0.15) is 11.9 Å². The molecule has 0 aromatic heterocycles. The van der Waals surface area contributed by atoms with Crippen molar-refractivity contribution in [2.45, 2.75) is 0 Å². The number of alkyl halides is 1. The van der Waals surface area contributed by atoms with Crippen molar-refractivity contribution in [2.24, 2.45) is 0 Å². The molecule has 1 aliphatic rings. The molecular formula is C18H11BrFN3O3. The molecule has 26 heavy (non-hydrogen) atoms. The Balaban J connectivity index is 2.21. The molecule has 0 N–H and O–H groups in total. The van der Waals surface area contributed by atoms with Crippen molar-refractivity contribution < 1.29 is 14.1 Å². The lowest BCUT2D eigenvalue weighted by Gasteiger charge is -2.15. The van der Waals surface area contributed by atoms with E-state index in [0.29, 0.717) is 28.7 Å². The lowest BCUT2D eigenvalue weighted by molar-refractivity contribution is -0.384. The van der Waals surface area contributed by atoms with E-state index in [2.05, 4.69) is 15.9 Å². The average molecular weight is 416 g/mol. The first kappa shape index (κ1) is 17.8. The Morgan fingerprint density at radius 3 is 2.54 bits per heavy atom. The highest BCUT2D eigenvalue weighted by Crippen LogP contribution is 2.41. The molecule has 8 heteroatoms. The van der Waals surface area contributed by atoms with Crippen LogP contribution in [-0.4, -0.2) is 22.7 Å². The first-order valence-electron chi connectivity index (χ1n) is 7.55. The van der Waals surface area contributed by atoms with Crippen LogP contribution < -0.4 is 4.90 Å². The van der Waals surface area contributed by atoms with Gasteiger partial charge in [-0.2, -0.15) is 5.26 Å². The lowest BCUT2D eigenvalue weighted by atomic mass is 9.96. The van der Waals surface area contributed by atoms with Crippen LogP contribution in [0.4, 0.5) is 15.8 Å². The average Bonchev–Trinajstić information content (AvgIpc) is 2.89. The molecule has 6 nitrogen and oxygen atoms in total. The van der Waals surface area contributed by atoms with Crippen molar-refractivity contribution in [3.63, 3.8) is 0 Å². The van der Waals surface area contributed by atoms with Crippen molar-refractivity contribution in [3.8, 4) is 6.07 Å². The van der Waals surface area contributed by atoms with Gasteiger partial charge in [0.05, 0.1) is 21.8 Å². The standard InChI is InChI=1S/C18H11BrFN3O3/c19-7-8-22-16-6-3-12(20)9-14(16)17(18(22)24)15(10-21)11-1-4-13(5-2-11)23(25)26/h1-6,9H,7-8H2/b17-15+. The molecule has 0 atom stereocenters. The van der Waals surface area contributed by atoms with Gasteiger partial charge in [0.2, 0.25) is 0 Å². The molecule has 0 saturated carbocycles. The van der Waals surface area contributed by atoms with Crippen molar-refractivity contribution in [3.05, 3.63) is 69.5 Å². The molecule has 0 saturated heterocycles. The number of nitro groups is 1. The maximum atomic E-state index is 13.8. The molecule has 1 amide bonds. The van der Waals surface area contributed by atoms with Crippen LogP contribution in [0.25, 0.3) is 11.1 Å². The fourth-order valence-electron chi connectivity index (χ4n) is 2.87. The summed E-state index contributed by atoms with van der Waals surface area (Å²) in [5.74, 6) is -0.921. The van der Waals surface area contributed by atoms with Gasteiger partial charge in [-0.1, -0.05) is 15.9 Å². The van der Waals surface area contributed by atoms with E-state index in [1.54, 1.807) is 0 Å². The number of hydrogen-bond acceptors (Lipinski definition) is 4. The van der Waals surface area contributed by atoms with Gasteiger partial charge >= 0.3 is 0 Å². The van der Waals surface area contributed by atoms with Gasteiger partial charge in [0.15, 0.2) is 0 Å². The number of fused-ring (bicyclic) bond motifs is 1. The molecule has 0 aliphatic carbocycles. The number of nitro benzene ring substituents is 1. The van der Waals surface area contributed by atoms with Crippen molar-refractivity contribution in [1.29, 1.82) is 5.26 Å². The van der Waals surface area contributed by atoms with E-state index < -0.39 is 16.6 Å². The molecule has 1 heterocycles. The summed E-state index contributed by atoms with van der Waals surface area (Å²) in [4.78, 5) is 24.6. The monoisotopic (exact) mass is 415 g/mol. The molecule has 0 unspecified atom stereocenters. The van der Waals surface area contributed by atoms with Crippen molar-refractivity contribution in [1.82, 2.24) is 0 Å². The number of rotatable bonds is 4. The second kappa shape index (κ2) is 7.06. The van der Waals surface area contributed by atoms with Gasteiger partial charge in [-0.05, 0) is 35.9 Å². The molecule has 2 aromatic rings. The number of hydrogen-bond donors (Lipinski definition) is 0. The van der Waals surface area contributed by atoms with Crippen LogP contribution in [0.1, 0.15) is 11.1 Å². The molecule has 2 aromatic carbocycles. The Morgan fingerprint density at radius 2 is 1.96 bits per heavy atom. The number of halogens is 2. The number of nitrogens with zero attached hydrogens (tertiary/aromatic N) is 3. The van der Waals surface area contributed by atoms with E-state index in [0.717, 1.165) is 0 Å². The number of amides is 1. The third-order valence-electron chi connectivity index (χ3n) is 4.01. The zero-order valence-electron chi connectivity index (χ0n) is 13.3. The highest BCUT2D eigenvalue weighted by Gasteiger charge is 2.35. The molecule has 0 radical (unpaired) electrons. The number of non-ortho nitro benzene ring substituents is 1. The minimum absolute atomic E-state index is 0.0498. The summed E-state index contributed by atoms with van der Waals surface area (Å²) in [6.45, 7) is 0.361. The van der Waals surface area contributed by atoms with Crippen LogP contribution >= 0.6 is 15.9 Å². The second-order valence-electron chi connectivity index (χ2n) is 5.47. The van der Waals surface area contributed by atoms with E-state index in [-0.39, 0.29) is 16.8 Å². The minimum Gasteiger partial charge on any atom is -0.307 e. The number of anilines is 1. The predicted octanol–water partition coefficient (Wildman–Crippen LogP) is 3.91. The van der Waals surface area contributed by atoms with Crippen LogP contribution in [0.2, 0.25) is 0 Å². The topological polar surface area (TPSA) is 87.2 Å². The molecule has 3 rings (SSSR count). The van der Waals surface area contributed by atoms with Crippen LogP contribution in [-0.2, 0) is 4.79 Å². The Morgan fingerprint density at radius 1 is 1.27 bits per heavy atom.